The van der Waals surface area contributed by atoms with Gasteiger partial charge in [-0.2, -0.15) is 4.31 Å². The van der Waals surface area contributed by atoms with Gasteiger partial charge in [-0.1, -0.05) is 6.92 Å². The average Bonchev–Trinajstić information content (AvgIpc) is 1.80. The highest BCUT2D eigenvalue weighted by atomic mass is 32.2. The number of rotatable bonds is 3. The Balaban J connectivity index is 2.61. The van der Waals surface area contributed by atoms with E-state index in [0.29, 0.717) is 6.54 Å². The van der Waals surface area contributed by atoms with Crippen molar-refractivity contribution in [3.8, 4) is 0 Å². The van der Waals surface area contributed by atoms with E-state index in [1.54, 1.807) is 0 Å². The predicted molar refractivity (Wildman–Crippen MR) is 48.2 cm³/mol. The molecule has 0 saturated carbocycles. The highest BCUT2D eigenvalue weighted by Crippen LogP contribution is 2.23. The molecule has 0 aromatic carbocycles. The van der Waals surface area contributed by atoms with Gasteiger partial charge in [0, 0.05) is 18.6 Å². The van der Waals surface area contributed by atoms with E-state index in [4.69, 9.17) is 5.73 Å². The van der Waals surface area contributed by atoms with Crippen LogP contribution < -0.4 is 5.73 Å². The van der Waals surface area contributed by atoms with Crippen LogP contribution in [-0.4, -0.2) is 37.6 Å². The lowest BCUT2D eigenvalue weighted by molar-refractivity contribution is 0.168. The SMILES string of the molecule is CCC(N)C1CCN1S(C)(=O)=O. The molecule has 0 aromatic heterocycles. The molecule has 0 spiro atoms. The average molecular weight is 192 g/mol. The Morgan fingerprint density at radius 3 is 2.50 bits per heavy atom. The second-order valence-electron chi connectivity index (χ2n) is 3.30. The molecule has 12 heavy (non-hydrogen) atoms. The minimum Gasteiger partial charge on any atom is -0.326 e. The molecule has 5 heteroatoms. The molecule has 72 valence electrons. The third-order valence-electron chi connectivity index (χ3n) is 2.41. The van der Waals surface area contributed by atoms with Crippen LogP contribution in [0.5, 0.6) is 0 Å². The molecule has 0 radical (unpaired) electrons. The summed E-state index contributed by atoms with van der Waals surface area (Å²) >= 11 is 0. The summed E-state index contributed by atoms with van der Waals surface area (Å²) in [6.07, 6.45) is 2.97. The Kier molecular flexibility index (Phi) is 2.75. The number of sulfonamides is 1. The molecule has 1 rings (SSSR count). The van der Waals surface area contributed by atoms with Crippen molar-refractivity contribution < 1.29 is 8.42 Å². The Bertz CT molecular complexity index is 250. The van der Waals surface area contributed by atoms with Gasteiger partial charge in [-0.3, -0.25) is 0 Å². The van der Waals surface area contributed by atoms with Gasteiger partial charge in [-0.15, -0.1) is 0 Å². The quantitative estimate of drug-likeness (QED) is 0.671. The summed E-state index contributed by atoms with van der Waals surface area (Å²) in [5.74, 6) is 0. The first-order valence-corrected chi connectivity index (χ1v) is 6.04. The monoisotopic (exact) mass is 192 g/mol. The zero-order valence-corrected chi connectivity index (χ0v) is 8.34. The smallest absolute Gasteiger partial charge is 0.211 e. The molecule has 0 aliphatic carbocycles. The van der Waals surface area contributed by atoms with Gasteiger partial charge in [0.05, 0.1) is 6.26 Å². The summed E-state index contributed by atoms with van der Waals surface area (Å²) < 4.78 is 23.7. The second-order valence-corrected chi connectivity index (χ2v) is 5.24. The van der Waals surface area contributed by atoms with Gasteiger partial charge in [0.2, 0.25) is 10.0 Å². The van der Waals surface area contributed by atoms with E-state index < -0.39 is 10.0 Å². The van der Waals surface area contributed by atoms with Crippen molar-refractivity contribution in [2.45, 2.75) is 31.8 Å². The first-order chi connectivity index (χ1) is 5.46. The van der Waals surface area contributed by atoms with Crippen molar-refractivity contribution in [1.82, 2.24) is 4.31 Å². The zero-order chi connectivity index (χ0) is 9.35. The largest absolute Gasteiger partial charge is 0.326 e. The third kappa shape index (κ3) is 1.78. The predicted octanol–water partition coefficient (Wildman–Crippen LogP) is -0.242. The first-order valence-electron chi connectivity index (χ1n) is 4.19. The van der Waals surface area contributed by atoms with Crippen molar-refractivity contribution >= 4 is 10.0 Å². The third-order valence-corrected chi connectivity index (χ3v) is 3.71. The maximum Gasteiger partial charge on any atom is 0.211 e. The van der Waals surface area contributed by atoms with Gasteiger partial charge >= 0.3 is 0 Å². The van der Waals surface area contributed by atoms with E-state index in [2.05, 4.69) is 0 Å². The van der Waals surface area contributed by atoms with E-state index in [9.17, 15) is 8.42 Å². The van der Waals surface area contributed by atoms with Gasteiger partial charge in [0.15, 0.2) is 0 Å². The van der Waals surface area contributed by atoms with Crippen molar-refractivity contribution in [3.63, 3.8) is 0 Å². The summed E-state index contributed by atoms with van der Waals surface area (Å²) in [5.41, 5.74) is 5.76. The van der Waals surface area contributed by atoms with Gasteiger partial charge in [-0.25, -0.2) is 8.42 Å². The van der Waals surface area contributed by atoms with Crippen molar-refractivity contribution in [1.29, 1.82) is 0 Å². The minimum absolute atomic E-state index is 0.00604. The molecular weight excluding hydrogens is 176 g/mol. The summed E-state index contributed by atoms with van der Waals surface area (Å²) in [7, 11) is -3.02. The van der Waals surface area contributed by atoms with Crippen LogP contribution in [-0.2, 0) is 10.0 Å². The molecule has 2 atom stereocenters. The number of hydrogen-bond donors (Lipinski definition) is 1. The summed E-state index contributed by atoms with van der Waals surface area (Å²) in [6, 6.07) is 0.0403. The summed E-state index contributed by atoms with van der Waals surface area (Å²) in [6.45, 7) is 2.61. The fraction of sp³-hybridized carbons (Fsp3) is 1.00. The Labute approximate surface area is 73.8 Å². The van der Waals surface area contributed by atoms with Crippen LogP contribution in [0.25, 0.3) is 0 Å². The molecule has 4 nitrogen and oxygen atoms in total. The fourth-order valence-electron chi connectivity index (χ4n) is 1.50. The Hall–Kier alpha value is -0.130. The molecule has 1 aliphatic heterocycles. The molecular formula is C7H16N2O2S. The Morgan fingerprint density at radius 2 is 2.25 bits per heavy atom. The normalized spacial score (nSPS) is 28.1. The standard InChI is InChI=1S/C7H16N2O2S/c1-3-6(8)7-4-5-9(7)12(2,10)11/h6-7H,3-5,8H2,1-2H3. The van der Waals surface area contributed by atoms with Crippen LogP contribution in [0.3, 0.4) is 0 Å². The number of hydrogen-bond acceptors (Lipinski definition) is 3. The molecule has 1 saturated heterocycles. The highest BCUT2D eigenvalue weighted by molar-refractivity contribution is 7.88. The van der Waals surface area contributed by atoms with Gasteiger partial charge < -0.3 is 5.73 Å². The number of nitrogens with zero attached hydrogens (tertiary/aromatic N) is 1. The maximum atomic E-state index is 11.1. The molecule has 0 bridgehead atoms. The molecule has 0 amide bonds. The van der Waals surface area contributed by atoms with E-state index in [1.165, 1.54) is 10.6 Å². The molecule has 2 N–H and O–H groups in total. The Morgan fingerprint density at radius 1 is 1.67 bits per heavy atom. The summed E-state index contributed by atoms with van der Waals surface area (Å²) in [4.78, 5) is 0. The maximum absolute atomic E-state index is 11.1. The van der Waals surface area contributed by atoms with Crippen LogP contribution in [0.4, 0.5) is 0 Å². The lowest BCUT2D eigenvalue weighted by Crippen LogP contribution is -2.58. The van der Waals surface area contributed by atoms with E-state index in [1.807, 2.05) is 6.92 Å². The van der Waals surface area contributed by atoms with Crippen LogP contribution in [0.1, 0.15) is 19.8 Å². The first kappa shape index (κ1) is 9.95. The summed E-state index contributed by atoms with van der Waals surface area (Å²) in [5, 5.41) is 0. The second kappa shape index (κ2) is 3.32. The van der Waals surface area contributed by atoms with Crippen molar-refractivity contribution in [3.05, 3.63) is 0 Å². The van der Waals surface area contributed by atoms with Crippen LogP contribution >= 0.6 is 0 Å². The lowest BCUT2D eigenvalue weighted by atomic mass is 9.97. The van der Waals surface area contributed by atoms with Gasteiger partial charge in [0.1, 0.15) is 0 Å². The molecule has 1 heterocycles. The van der Waals surface area contributed by atoms with Gasteiger partial charge in [-0.05, 0) is 12.8 Å². The van der Waals surface area contributed by atoms with Crippen LogP contribution in [0.15, 0.2) is 0 Å². The molecule has 1 fully saturated rings. The minimum atomic E-state index is -3.02. The fourth-order valence-corrected chi connectivity index (χ4v) is 2.69. The van der Waals surface area contributed by atoms with Crippen molar-refractivity contribution in [2.24, 2.45) is 5.73 Å². The van der Waals surface area contributed by atoms with E-state index >= 15 is 0 Å². The molecule has 1 aliphatic rings. The van der Waals surface area contributed by atoms with Crippen molar-refractivity contribution in [2.75, 3.05) is 12.8 Å². The molecule has 2 unspecified atom stereocenters. The topological polar surface area (TPSA) is 63.4 Å². The van der Waals surface area contributed by atoms with Gasteiger partial charge in [0.25, 0.3) is 0 Å². The zero-order valence-electron chi connectivity index (χ0n) is 7.53. The van der Waals surface area contributed by atoms with E-state index in [-0.39, 0.29) is 12.1 Å². The van der Waals surface area contributed by atoms with Crippen LogP contribution in [0, 0.1) is 0 Å². The number of nitrogens with two attached hydrogens (primary N) is 1. The molecule has 0 aromatic rings. The lowest BCUT2D eigenvalue weighted by Gasteiger charge is -2.41. The van der Waals surface area contributed by atoms with E-state index in [0.717, 1.165) is 12.8 Å². The highest BCUT2D eigenvalue weighted by Gasteiger charge is 2.37. The van der Waals surface area contributed by atoms with Crippen LogP contribution in [0.2, 0.25) is 0 Å².